The Hall–Kier alpha value is -1.91. The summed E-state index contributed by atoms with van der Waals surface area (Å²) in [4.78, 5) is 15.7. The Kier molecular flexibility index (Phi) is 5.51. The molecule has 1 N–H and O–H groups in total. The van der Waals surface area contributed by atoms with E-state index in [4.69, 9.17) is 0 Å². The topological polar surface area (TPSA) is 32.3 Å². The van der Waals surface area contributed by atoms with Crippen LogP contribution in [0.1, 0.15) is 47.3 Å². The molecule has 0 atom stereocenters. The highest BCUT2D eigenvalue weighted by molar-refractivity contribution is 7.12. The van der Waals surface area contributed by atoms with Gasteiger partial charge in [-0.2, -0.15) is 0 Å². The second kappa shape index (κ2) is 8.19. The molecule has 0 radical (unpaired) electrons. The summed E-state index contributed by atoms with van der Waals surface area (Å²) in [6.45, 7) is 2.21. The van der Waals surface area contributed by atoms with Gasteiger partial charge in [-0.3, -0.25) is 9.69 Å². The van der Waals surface area contributed by atoms with Gasteiger partial charge in [0, 0.05) is 25.2 Å². The highest BCUT2D eigenvalue weighted by Crippen LogP contribution is 2.28. The summed E-state index contributed by atoms with van der Waals surface area (Å²) in [5.41, 5.74) is 2.85. The summed E-state index contributed by atoms with van der Waals surface area (Å²) in [6, 6.07) is 15.6. The molecule has 1 aliphatic carbocycles. The molecule has 1 amide bonds. The molecule has 1 fully saturated rings. The van der Waals surface area contributed by atoms with E-state index in [0.717, 1.165) is 37.2 Å². The van der Waals surface area contributed by atoms with E-state index in [0.29, 0.717) is 12.1 Å². The van der Waals surface area contributed by atoms with E-state index in [1.165, 1.54) is 35.3 Å². The van der Waals surface area contributed by atoms with Crippen LogP contribution in [-0.2, 0) is 0 Å². The van der Waals surface area contributed by atoms with Crippen LogP contribution in [0.3, 0.4) is 0 Å². The molecule has 0 saturated heterocycles. The highest BCUT2D eigenvalue weighted by Gasteiger charge is 2.27. The van der Waals surface area contributed by atoms with Crippen molar-refractivity contribution in [3.63, 3.8) is 0 Å². The third-order valence-electron chi connectivity index (χ3n) is 5.68. The van der Waals surface area contributed by atoms with Crippen LogP contribution < -0.4 is 5.32 Å². The lowest BCUT2D eigenvalue weighted by Gasteiger charge is -2.38. The van der Waals surface area contributed by atoms with Gasteiger partial charge >= 0.3 is 0 Å². The Labute approximate surface area is 159 Å². The van der Waals surface area contributed by atoms with Gasteiger partial charge in [0.1, 0.15) is 0 Å². The molecule has 3 nitrogen and oxygen atoms in total. The Bertz CT molecular complexity index is 746. The standard InChI is InChI=1S/C22H26N2OS/c25-22(21-7-4-16-26-21)23-19-8-10-20(11-9-19)24-14-12-18(13-15-24)17-5-2-1-3-6-17/h1-7,12,16,19-20H,8-11,13-15H2,(H,23,25). The maximum absolute atomic E-state index is 12.2. The molecule has 0 bridgehead atoms. The van der Waals surface area contributed by atoms with Crippen LogP contribution in [0.25, 0.3) is 5.57 Å². The Morgan fingerprint density at radius 2 is 1.85 bits per heavy atom. The molecular weight excluding hydrogens is 340 g/mol. The summed E-state index contributed by atoms with van der Waals surface area (Å²) in [7, 11) is 0. The van der Waals surface area contributed by atoms with Crippen LogP contribution in [0.15, 0.2) is 53.9 Å². The number of hydrogen-bond donors (Lipinski definition) is 1. The van der Waals surface area contributed by atoms with Crippen molar-refractivity contribution < 1.29 is 4.79 Å². The predicted molar refractivity (Wildman–Crippen MR) is 108 cm³/mol. The molecule has 1 aromatic carbocycles. The molecule has 2 aromatic rings. The van der Waals surface area contributed by atoms with Gasteiger partial charge in [0.25, 0.3) is 5.91 Å². The van der Waals surface area contributed by atoms with Gasteiger partial charge in [0.05, 0.1) is 4.88 Å². The maximum atomic E-state index is 12.2. The lowest BCUT2D eigenvalue weighted by atomic mass is 9.88. The van der Waals surface area contributed by atoms with Gasteiger partial charge in [-0.25, -0.2) is 0 Å². The smallest absolute Gasteiger partial charge is 0.261 e. The molecule has 2 aliphatic rings. The molecule has 4 rings (SSSR count). The zero-order valence-corrected chi connectivity index (χ0v) is 15.9. The maximum Gasteiger partial charge on any atom is 0.261 e. The van der Waals surface area contributed by atoms with Crippen molar-refractivity contribution in [1.29, 1.82) is 0 Å². The van der Waals surface area contributed by atoms with E-state index in [9.17, 15) is 4.79 Å². The van der Waals surface area contributed by atoms with E-state index in [2.05, 4.69) is 46.6 Å². The summed E-state index contributed by atoms with van der Waals surface area (Å²) in [5.74, 6) is 0.0943. The molecule has 1 aromatic heterocycles. The first kappa shape index (κ1) is 17.5. The van der Waals surface area contributed by atoms with Gasteiger partial charge in [-0.15, -0.1) is 11.3 Å². The first-order valence-corrected chi connectivity index (χ1v) is 10.5. The number of amides is 1. The van der Waals surface area contributed by atoms with Crippen LogP contribution in [0.5, 0.6) is 0 Å². The fourth-order valence-electron chi connectivity index (χ4n) is 4.18. The second-order valence-corrected chi connectivity index (χ2v) is 8.24. The van der Waals surface area contributed by atoms with Crippen molar-refractivity contribution in [3.8, 4) is 0 Å². The minimum absolute atomic E-state index is 0.0943. The van der Waals surface area contributed by atoms with Gasteiger partial charge in [0.2, 0.25) is 0 Å². The Balaban J connectivity index is 1.26. The lowest BCUT2D eigenvalue weighted by Crippen LogP contribution is -2.45. The van der Waals surface area contributed by atoms with Crippen molar-refractivity contribution in [2.75, 3.05) is 13.1 Å². The van der Waals surface area contributed by atoms with Crippen molar-refractivity contribution in [3.05, 3.63) is 64.4 Å². The van der Waals surface area contributed by atoms with E-state index in [1.54, 1.807) is 0 Å². The summed E-state index contributed by atoms with van der Waals surface area (Å²) < 4.78 is 0. The van der Waals surface area contributed by atoms with Crippen molar-refractivity contribution in [2.45, 2.75) is 44.2 Å². The molecule has 1 saturated carbocycles. The average molecular weight is 367 g/mol. The van der Waals surface area contributed by atoms with Gasteiger partial charge in [0.15, 0.2) is 0 Å². The monoisotopic (exact) mass is 366 g/mol. The van der Waals surface area contributed by atoms with E-state index in [-0.39, 0.29) is 5.91 Å². The zero-order chi connectivity index (χ0) is 17.8. The first-order valence-electron chi connectivity index (χ1n) is 9.62. The first-order chi connectivity index (χ1) is 12.8. The van der Waals surface area contributed by atoms with Crippen LogP contribution in [0.2, 0.25) is 0 Å². The fraction of sp³-hybridized carbons (Fsp3) is 0.409. The number of rotatable bonds is 4. The van der Waals surface area contributed by atoms with Crippen molar-refractivity contribution >= 4 is 22.8 Å². The second-order valence-electron chi connectivity index (χ2n) is 7.30. The number of thiophene rings is 1. The van der Waals surface area contributed by atoms with Gasteiger partial charge in [-0.1, -0.05) is 42.5 Å². The molecule has 0 unspecified atom stereocenters. The number of nitrogens with zero attached hydrogens (tertiary/aromatic N) is 1. The lowest BCUT2D eigenvalue weighted by molar-refractivity contribution is 0.0911. The quantitative estimate of drug-likeness (QED) is 0.859. The fourth-order valence-corrected chi connectivity index (χ4v) is 4.81. The van der Waals surface area contributed by atoms with Crippen molar-refractivity contribution in [1.82, 2.24) is 10.2 Å². The number of hydrogen-bond acceptors (Lipinski definition) is 3. The van der Waals surface area contributed by atoms with Gasteiger partial charge < -0.3 is 5.32 Å². The zero-order valence-electron chi connectivity index (χ0n) is 15.1. The molecule has 4 heteroatoms. The third kappa shape index (κ3) is 4.08. The van der Waals surface area contributed by atoms with E-state index >= 15 is 0 Å². The Morgan fingerprint density at radius 3 is 2.50 bits per heavy atom. The minimum Gasteiger partial charge on any atom is -0.349 e. The molecule has 2 heterocycles. The summed E-state index contributed by atoms with van der Waals surface area (Å²) >= 11 is 1.51. The minimum atomic E-state index is 0.0943. The molecule has 26 heavy (non-hydrogen) atoms. The SMILES string of the molecule is O=C(NC1CCC(N2CC=C(c3ccccc3)CC2)CC1)c1cccs1. The summed E-state index contributed by atoms with van der Waals surface area (Å²) in [5, 5.41) is 5.17. The van der Waals surface area contributed by atoms with Crippen LogP contribution in [0.4, 0.5) is 0 Å². The number of carbonyl (C=O) groups is 1. The molecular formula is C22H26N2OS. The van der Waals surface area contributed by atoms with Gasteiger partial charge in [-0.05, 0) is 54.7 Å². The van der Waals surface area contributed by atoms with Crippen LogP contribution in [-0.4, -0.2) is 36.0 Å². The Morgan fingerprint density at radius 1 is 1.04 bits per heavy atom. The van der Waals surface area contributed by atoms with Crippen molar-refractivity contribution in [2.24, 2.45) is 0 Å². The highest BCUT2D eigenvalue weighted by atomic mass is 32.1. The number of benzene rings is 1. The number of nitrogens with one attached hydrogen (secondary N) is 1. The average Bonchev–Trinajstić information content (AvgIpc) is 3.25. The normalized spacial score (nSPS) is 24.1. The molecule has 0 spiro atoms. The molecule has 136 valence electrons. The number of carbonyl (C=O) groups excluding carboxylic acids is 1. The molecule has 1 aliphatic heterocycles. The largest absolute Gasteiger partial charge is 0.349 e. The van der Waals surface area contributed by atoms with E-state index < -0.39 is 0 Å². The third-order valence-corrected chi connectivity index (χ3v) is 6.55. The van der Waals surface area contributed by atoms with E-state index in [1.807, 2.05) is 17.5 Å². The van der Waals surface area contributed by atoms with Crippen LogP contribution >= 0.6 is 11.3 Å². The summed E-state index contributed by atoms with van der Waals surface area (Å²) in [6.07, 6.45) is 8.09. The van der Waals surface area contributed by atoms with Crippen LogP contribution in [0, 0.1) is 0 Å². The predicted octanol–water partition coefficient (Wildman–Crippen LogP) is 4.58.